The number of fused-ring (bicyclic) bond motifs is 1. The Morgan fingerprint density at radius 2 is 1.88 bits per heavy atom. The van der Waals surface area contributed by atoms with Crippen LogP contribution < -0.4 is 0 Å². The van der Waals surface area contributed by atoms with Crippen LogP contribution in [0.15, 0.2) is 64.5 Å². The van der Waals surface area contributed by atoms with E-state index in [1.165, 1.54) is 15.7 Å². The third kappa shape index (κ3) is 3.58. The Hall–Kier alpha value is -1.83. The van der Waals surface area contributed by atoms with Gasteiger partial charge in [0.1, 0.15) is 0 Å². The molecule has 0 aliphatic carbocycles. The summed E-state index contributed by atoms with van der Waals surface area (Å²) in [6, 6.07) is 14.1. The number of aromatic nitrogens is 1. The number of thiocarbonyl (C=S) groups is 1. The summed E-state index contributed by atoms with van der Waals surface area (Å²) in [5, 5.41) is 0.824. The fourth-order valence-electron chi connectivity index (χ4n) is 2.47. The lowest BCUT2D eigenvalue weighted by Crippen LogP contribution is -2.11. The molecule has 0 N–H and O–H groups in total. The topological polar surface area (TPSA) is 48.3 Å². The van der Waals surface area contributed by atoms with Gasteiger partial charge in [-0.1, -0.05) is 23.8 Å². The second kappa shape index (κ2) is 7.19. The van der Waals surface area contributed by atoms with Crippen LogP contribution in [0.3, 0.4) is 0 Å². The predicted molar refractivity (Wildman–Crippen MR) is 106 cm³/mol. The fourth-order valence-corrected chi connectivity index (χ4v) is 4.99. The molecule has 3 aromatic rings. The minimum Gasteiger partial charge on any atom is -0.479 e. The highest BCUT2D eigenvalue weighted by Crippen LogP contribution is 2.31. The molecule has 0 aliphatic heterocycles. The lowest BCUT2D eigenvalue weighted by Gasteiger charge is -2.09. The molecule has 7 heteroatoms. The first-order valence-electron chi connectivity index (χ1n) is 7.70. The Kier molecular flexibility index (Phi) is 5.17. The van der Waals surface area contributed by atoms with Gasteiger partial charge in [-0.3, -0.25) is 0 Å². The van der Waals surface area contributed by atoms with Gasteiger partial charge in [0.25, 0.3) is 10.0 Å². The van der Waals surface area contributed by atoms with Crippen molar-refractivity contribution < 1.29 is 13.2 Å². The van der Waals surface area contributed by atoms with Crippen LogP contribution in [0, 0.1) is 6.92 Å². The van der Waals surface area contributed by atoms with Crippen molar-refractivity contribution in [3.63, 3.8) is 0 Å². The van der Waals surface area contributed by atoms with E-state index in [1.54, 1.807) is 42.6 Å². The SMILES string of the molecule is CCOC(=S)Sc1cccc2c1ccn2S(=O)(=O)c1ccc(C)cc1. The van der Waals surface area contributed by atoms with Gasteiger partial charge in [0, 0.05) is 16.5 Å². The largest absolute Gasteiger partial charge is 0.479 e. The third-order valence-electron chi connectivity index (χ3n) is 3.69. The highest BCUT2D eigenvalue weighted by atomic mass is 32.2. The monoisotopic (exact) mass is 391 g/mol. The molecule has 0 fully saturated rings. The number of hydrogen-bond acceptors (Lipinski definition) is 5. The first-order chi connectivity index (χ1) is 11.9. The Balaban J connectivity index is 2.06. The number of rotatable bonds is 4. The van der Waals surface area contributed by atoms with E-state index >= 15 is 0 Å². The molecule has 1 heterocycles. The summed E-state index contributed by atoms with van der Waals surface area (Å²) in [6.45, 7) is 4.30. The van der Waals surface area contributed by atoms with Crippen molar-refractivity contribution in [2.24, 2.45) is 0 Å². The van der Waals surface area contributed by atoms with E-state index in [9.17, 15) is 8.42 Å². The van der Waals surface area contributed by atoms with E-state index in [0.717, 1.165) is 15.8 Å². The van der Waals surface area contributed by atoms with E-state index in [1.807, 2.05) is 26.0 Å². The number of benzene rings is 2. The van der Waals surface area contributed by atoms with Crippen LogP contribution in [0.4, 0.5) is 0 Å². The molecule has 0 spiro atoms. The molecule has 0 radical (unpaired) electrons. The molecule has 1 aromatic heterocycles. The molecule has 25 heavy (non-hydrogen) atoms. The molecule has 2 aromatic carbocycles. The van der Waals surface area contributed by atoms with E-state index in [2.05, 4.69) is 0 Å². The molecule has 0 aliphatic rings. The maximum absolute atomic E-state index is 13.0. The molecule has 130 valence electrons. The average molecular weight is 392 g/mol. The zero-order valence-corrected chi connectivity index (χ0v) is 16.2. The normalized spacial score (nSPS) is 11.6. The van der Waals surface area contributed by atoms with Crippen molar-refractivity contribution in [3.8, 4) is 0 Å². The molecular formula is C18H17NO3S3. The van der Waals surface area contributed by atoms with E-state index < -0.39 is 10.0 Å². The Bertz CT molecular complexity index is 1020. The minimum absolute atomic E-state index is 0.262. The van der Waals surface area contributed by atoms with E-state index in [4.69, 9.17) is 17.0 Å². The molecule has 3 rings (SSSR count). The van der Waals surface area contributed by atoms with Crippen LogP contribution in [-0.2, 0) is 14.8 Å². The van der Waals surface area contributed by atoms with Gasteiger partial charge in [-0.25, -0.2) is 12.4 Å². The van der Waals surface area contributed by atoms with Gasteiger partial charge in [0.2, 0.25) is 4.38 Å². The average Bonchev–Trinajstić information content (AvgIpc) is 3.01. The summed E-state index contributed by atoms with van der Waals surface area (Å²) in [5.41, 5.74) is 1.63. The summed E-state index contributed by atoms with van der Waals surface area (Å²) >= 11 is 6.50. The second-order valence-corrected chi connectivity index (χ2v) is 8.86. The van der Waals surface area contributed by atoms with E-state index in [0.29, 0.717) is 16.5 Å². The van der Waals surface area contributed by atoms with E-state index in [-0.39, 0.29) is 4.90 Å². The first kappa shape index (κ1) is 18.0. The zero-order valence-electron chi connectivity index (χ0n) is 13.8. The van der Waals surface area contributed by atoms with Gasteiger partial charge in [-0.15, -0.1) is 0 Å². The van der Waals surface area contributed by atoms with Gasteiger partial charge < -0.3 is 4.74 Å². The lowest BCUT2D eigenvalue weighted by atomic mass is 10.2. The van der Waals surface area contributed by atoms with Crippen molar-refractivity contribution in [3.05, 3.63) is 60.3 Å². The molecule has 0 atom stereocenters. The molecule has 0 saturated heterocycles. The standard InChI is InChI=1S/C18H17NO3S3/c1-3-22-18(23)24-17-6-4-5-16-15(17)11-12-19(16)25(20,21)14-9-7-13(2)8-10-14/h4-12H,3H2,1-2H3. The Morgan fingerprint density at radius 1 is 1.16 bits per heavy atom. The Morgan fingerprint density at radius 3 is 2.56 bits per heavy atom. The second-order valence-electron chi connectivity index (χ2n) is 5.40. The number of aryl methyl sites for hydroxylation is 1. The molecule has 4 nitrogen and oxygen atoms in total. The summed E-state index contributed by atoms with van der Waals surface area (Å²) < 4.78 is 33.0. The summed E-state index contributed by atoms with van der Waals surface area (Å²) in [7, 11) is -3.65. The van der Waals surface area contributed by atoms with Gasteiger partial charge in [0.05, 0.1) is 17.0 Å². The van der Waals surface area contributed by atoms with Gasteiger partial charge in [-0.2, -0.15) is 0 Å². The molecule has 0 bridgehead atoms. The van der Waals surface area contributed by atoms with Crippen molar-refractivity contribution in [1.29, 1.82) is 0 Å². The number of hydrogen-bond donors (Lipinski definition) is 0. The van der Waals surface area contributed by atoms with Crippen LogP contribution in [0.5, 0.6) is 0 Å². The molecule has 0 unspecified atom stereocenters. The van der Waals surface area contributed by atoms with Crippen molar-refractivity contribution in [2.45, 2.75) is 23.6 Å². The van der Waals surface area contributed by atoms with Crippen LogP contribution in [-0.4, -0.2) is 23.4 Å². The van der Waals surface area contributed by atoms with Crippen molar-refractivity contribution in [1.82, 2.24) is 3.97 Å². The van der Waals surface area contributed by atoms with Gasteiger partial charge >= 0.3 is 0 Å². The van der Waals surface area contributed by atoms with Gasteiger partial charge in [-0.05, 0) is 68.2 Å². The number of thioether (sulfide) groups is 1. The lowest BCUT2D eigenvalue weighted by molar-refractivity contribution is 0.346. The summed E-state index contributed by atoms with van der Waals surface area (Å²) in [5.74, 6) is 0. The summed E-state index contributed by atoms with van der Waals surface area (Å²) in [6.07, 6.45) is 1.58. The van der Waals surface area contributed by atoms with Crippen LogP contribution in [0.2, 0.25) is 0 Å². The highest BCUT2D eigenvalue weighted by molar-refractivity contribution is 8.22. The van der Waals surface area contributed by atoms with Crippen LogP contribution in [0.1, 0.15) is 12.5 Å². The molecule has 0 saturated carbocycles. The number of nitrogens with zero attached hydrogens (tertiary/aromatic N) is 1. The predicted octanol–water partition coefficient (Wildman–Crippen LogP) is 4.60. The highest BCUT2D eigenvalue weighted by Gasteiger charge is 2.20. The minimum atomic E-state index is -3.65. The Labute approximate surface area is 156 Å². The smallest absolute Gasteiger partial charge is 0.268 e. The third-order valence-corrected chi connectivity index (χ3v) is 6.62. The molecular weight excluding hydrogens is 374 g/mol. The quantitative estimate of drug-likeness (QED) is 0.480. The van der Waals surface area contributed by atoms with Gasteiger partial charge in [0.15, 0.2) is 0 Å². The maximum atomic E-state index is 13.0. The van der Waals surface area contributed by atoms with Crippen molar-refractivity contribution in [2.75, 3.05) is 6.61 Å². The molecule has 0 amide bonds. The zero-order chi connectivity index (χ0) is 18.0. The van der Waals surface area contributed by atoms with Crippen LogP contribution in [0.25, 0.3) is 10.9 Å². The first-order valence-corrected chi connectivity index (χ1v) is 10.4. The summed E-state index contributed by atoms with van der Waals surface area (Å²) in [4.78, 5) is 1.13. The van der Waals surface area contributed by atoms with Crippen LogP contribution >= 0.6 is 24.0 Å². The van der Waals surface area contributed by atoms with Crippen molar-refractivity contribution >= 4 is 49.3 Å². The fraction of sp³-hybridized carbons (Fsp3) is 0.167. The number of ether oxygens (including phenoxy) is 1. The maximum Gasteiger partial charge on any atom is 0.268 e.